The van der Waals surface area contributed by atoms with E-state index in [4.69, 9.17) is 22.1 Å². The molecular weight excluding hydrogens is 409 g/mol. The predicted molar refractivity (Wildman–Crippen MR) is 94.7 cm³/mol. The molecule has 1 aliphatic rings. The van der Waals surface area contributed by atoms with Crippen LogP contribution in [0.15, 0.2) is 35.2 Å². The lowest BCUT2D eigenvalue weighted by molar-refractivity contribution is -0.0518. The molecule has 2 rings (SSSR count). The average molecular weight is 431 g/mol. The third kappa shape index (κ3) is 8.31. The number of alkyl halides is 3. The van der Waals surface area contributed by atoms with Crippen molar-refractivity contribution in [3.63, 3.8) is 0 Å². The molecule has 1 aromatic rings. The fraction of sp³-hybridized carbons (Fsp3) is 0.533. The minimum atomic E-state index is -6.09. The van der Waals surface area contributed by atoms with Crippen molar-refractivity contribution >= 4 is 30.2 Å². The third-order valence-corrected chi connectivity index (χ3v) is 5.86. The largest absolute Gasteiger partial charge is 0.741 e. The van der Waals surface area contributed by atoms with Gasteiger partial charge in [-0.15, -0.1) is 0 Å². The van der Waals surface area contributed by atoms with Crippen LogP contribution in [0.3, 0.4) is 0 Å². The zero-order chi connectivity index (χ0) is 20.2. The van der Waals surface area contributed by atoms with Gasteiger partial charge in [0.25, 0.3) is 6.10 Å². The first-order chi connectivity index (χ1) is 11.7. The zero-order valence-electron chi connectivity index (χ0n) is 14.7. The van der Waals surface area contributed by atoms with E-state index in [0.29, 0.717) is 5.25 Å². The van der Waals surface area contributed by atoms with Crippen molar-refractivity contribution in [2.45, 2.75) is 54.9 Å². The number of hydrogen-bond acceptors (Lipinski definition) is 6. The second-order valence-electron chi connectivity index (χ2n) is 6.44. The van der Waals surface area contributed by atoms with Crippen molar-refractivity contribution in [1.82, 2.24) is 0 Å². The molecule has 0 aromatic heterocycles. The minimum absolute atomic E-state index is 0.0436. The third-order valence-electron chi connectivity index (χ3n) is 2.97. The van der Waals surface area contributed by atoms with Gasteiger partial charge in [-0.1, -0.05) is 30.0 Å². The van der Waals surface area contributed by atoms with Crippen LogP contribution in [-0.2, 0) is 19.3 Å². The fourth-order valence-electron chi connectivity index (χ4n) is 1.93. The van der Waals surface area contributed by atoms with E-state index >= 15 is 0 Å². The maximum absolute atomic E-state index is 10.7. The minimum Gasteiger partial charge on any atom is -0.741 e. The van der Waals surface area contributed by atoms with Crippen LogP contribution in [0.1, 0.15) is 13.3 Å². The summed E-state index contributed by atoms with van der Waals surface area (Å²) in [7, 11) is -7.61. The van der Waals surface area contributed by atoms with Crippen LogP contribution >= 0.6 is 11.8 Å². The van der Waals surface area contributed by atoms with Gasteiger partial charge in [0.15, 0.2) is 23.7 Å². The van der Waals surface area contributed by atoms with Gasteiger partial charge < -0.3 is 8.98 Å². The number of thioether (sulfide) groups is 1. The molecule has 0 spiro atoms. The van der Waals surface area contributed by atoms with Crippen LogP contribution in [0.4, 0.5) is 13.2 Å². The Labute approximate surface area is 157 Å². The van der Waals surface area contributed by atoms with E-state index in [2.05, 4.69) is 50.8 Å². The van der Waals surface area contributed by atoms with Crippen molar-refractivity contribution < 1.29 is 35.3 Å². The second kappa shape index (κ2) is 8.98. The van der Waals surface area contributed by atoms with Crippen molar-refractivity contribution in [2.24, 2.45) is 0 Å². The summed E-state index contributed by atoms with van der Waals surface area (Å²) >= 11 is 1.86. The van der Waals surface area contributed by atoms with E-state index in [0.717, 1.165) is 12.5 Å². The number of rotatable bonds is 4. The number of ether oxygens (including phenoxy) is 1. The zero-order valence-corrected chi connectivity index (χ0v) is 17.4. The van der Waals surface area contributed by atoms with E-state index in [1.807, 2.05) is 17.8 Å². The summed E-state index contributed by atoms with van der Waals surface area (Å²) in [4.78, 5) is 1.29. The molecule has 148 valence electrons. The molecular formula is C15H21F3O5S2Si. The Morgan fingerprint density at radius 2 is 1.77 bits per heavy atom. The van der Waals surface area contributed by atoms with Crippen molar-refractivity contribution in [3.8, 4) is 0 Å². The Morgan fingerprint density at radius 1 is 1.27 bits per heavy atom. The molecule has 0 amide bonds. The molecule has 11 heteroatoms. The highest BCUT2D eigenvalue weighted by molar-refractivity contribution is 8.00. The Bertz CT molecular complexity index is 662. The Morgan fingerprint density at radius 3 is 2.19 bits per heavy atom. The molecule has 0 radical (unpaired) electrons. The maximum Gasteiger partial charge on any atom is 0.485 e. The van der Waals surface area contributed by atoms with Gasteiger partial charge in [-0.05, 0) is 31.8 Å². The summed E-state index contributed by atoms with van der Waals surface area (Å²) in [5.41, 5.74) is -5.65. The summed E-state index contributed by atoms with van der Waals surface area (Å²) in [5, 5.41) is 0.411. The molecule has 1 aliphatic heterocycles. The Kier molecular flexibility index (Phi) is 8.05. The molecule has 0 N–H and O–H groups in total. The second-order valence-corrected chi connectivity index (χ2v) is 13.6. The Balaban J connectivity index is 0.000000359. The van der Waals surface area contributed by atoms with Crippen LogP contribution in [0.25, 0.3) is 0 Å². The number of hydrogen-bond donors (Lipinski definition) is 0. The average Bonchev–Trinajstić information content (AvgIpc) is 2.76. The highest BCUT2D eigenvalue weighted by Gasteiger charge is 2.45. The summed E-state index contributed by atoms with van der Waals surface area (Å²) in [6.07, 6.45) is 2.00. The number of benzene rings is 1. The van der Waals surface area contributed by atoms with Gasteiger partial charge in [0.2, 0.25) is 6.29 Å². The lowest BCUT2D eigenvalue weighted by atomic mass is 10.2. The monoisotopic (exact) mass is 430 g/mol. The smallest absolute Gasteiger partial charge is 0.485 e. The van der Waals surface area contributed by atoms with Gasteiger partial charge in [-0.2, -0.15) is 17.9 Å². The molecule has 2 atom stereocenters. The van der Waals surface area contributed by atoms with Crippen LogP contribution in [0.5, 0.6) is 0 Å². The summed E-state index contributed by atoms with van der Waals surface area (Å²) in [5.74, 6) is 0. The van der Waals surface area contributed by atoms with Crippen molar-refractivity contribution in [3.05, 3.63) is 36.4 Å². The van der Waals surface area contributed by atoms with Gasteiger partial charge in [-0.3, -0.25) is 0 Å². The van der Waals surface area contributed by atoms with Crippen molar-refractivity contribution in [2.75, 3.05) is 0 Å². The Hall–Kier alpha value is -0.723. The molecule has 5 nitrogen and oxygen atoms in total. The first-order valence-electron chi connectivity index (χ1n) is 7.61. The van der Waals surface area contributed by atoms with E-state index in [1.54, 1.807) is 0 Å². The van der Waals surface area contributed by atoms with Gasteiger partial charge >= 0.3 is 5.51 Å². The maximum atomic E-state index is 10.7. The highest BCUT2D eigenvalue weighted by Crippen LogP contribution is 2.40. The topological polar surface area (TPSA) is 75.7 Å². The first kappa shape index (κ1) is 23.3. The normalized spacial score (nSPS) is 21.3. The van der Waals surface area contributed by atoms with Gasteiger partial charge in [0.1, 0.15) is 6.92 Å². The lowest BCUT2D eigenvalue weighted by Crippen LogP contribution is -2.31. The fourth-order valence-corrected chi connectivity index (χ4v) is 3.98. The molecule has 1 fully saturated rings. The van der Waals surface area contributed by atoms with E-state index in [9.17, 15) is 13.2 Å². The predicted octanol–water partition coefficient (Wildman–Crippen LogP) is 4.35. The van der Waals surface area contributed by atoms with Gasteiger partial charge in [0.05, 0.1) is 6.42 Å². The molecule has 0 saturated carbocycles. The molecule has 0 aliphatic carbocycles. The molecule has 1 saturated heterocycles. The van der Waals surface area contributed by atoms with Crippen LogP contribution in [-0.4, -0.2) is 38.3 Å². The van der Waals surface area contributed by atoms with E-state index < -0.39 is 23.9 Å². The van der Waals surface area contributed by atoms with E-state index in [-0.39, 0.29) is 6.29 Å². The molecule has 26 heavy (non-hydrogen) atoms. The van der Waals surface area contributed by atoms with Crippen molar-refractivity contribution in [1.29, 1.82) is 0 Å². The first-order valence-corrected chi connectivity index (χ1v) is 13.3. The van der Waals surface area contributed by atoms with Gasteiger partial charge in [-0.25, -0.2) is 8.42 Å². The summed E-state index contributed by atoms with van der Waals surface area (Å²) < 4.78 is 70.8. The SMILES string of the molecule is C[C+]1OC(O[Si](C)(C)C)CC1Sc1ccccc1.O=S(=O)([O-])C(F)(F)F. The highest BCUT2D eigenvalue weighted by atomic mass is 32.2. The van der Waals surface area contributed by atoms with E-state index in [1.165, 1.54) is 4.90 Å². The summed E-state index contributed by atoms with van der Waals surface area (Å²) in [6.45, 7) is 8.66. The molecule has 2 unspecified atom stereocenters. The number of halogens is 3. The van der Waals surface area contributed by atoms with Gasteiger partial charge in [0, 0.05) is 4.90 Å². The standard InChI is InChI=1S/C14H21O2SSi.CHF3O3S/c1-11-13(17-12-8-6-5-7-9-12)10-14(15-11)16-18(2,3)4;2-1(3,4)8(5,6)7/h5-9,13-14H,10H2,1-4H3;(H,5,6,7)/q+1;/p-1. The molecule has 0 bridgehead atoms. The quantitative estimate of drug-likeness (QED) is 0.306. The van der Waals surface area contributed by atoms with Crippen LogP contribution in [0, 0.1) is 6.10 Å². The molecule has 1 heterocycles. The summed E-state index contributed by atoms with van der Waals surface area (Å²) in [6, 6.07) is 10.5. The van der Waals surface area contributed by atoms with Crippen LogP contribution in [0.2, 0.25) is 19.6 Å². The lowest BCUT2D eigenvalue weighted by Gasteiger charge is -2.19. The molecule has 1 aromatic carbocycles. The van der Waals surface area contributed by atoms with Crippen LogP contribution < -0.4 is 0 Å².